The number of aliphatic hydroxyl groups excluding tert-OH is 1. The number of hydrogen-bond acceptors (Lipinski definition) is 3. The number of amides is 2. The second-order valence-electron chi connectivity index (χ2n) is 4.92. The van der Waals surface area contributed by atoms with Crippen molar-refractivity contribution in [2.75, 3.05) is 31.1 Å². The summed E-state index contributed by atoms with van der Waals surface area (Å²) < 4.78 is 0.991. The lowest BCUT2D eigenvalue weighted by molar-refractivity contribution is 0.197. The van der Waals surface area contributed by atoms with Crippen molar-refractivity contribution in [1.82, 2.24) is 10.2 Å². The van der Waals surface area contributed by atoms with Gasteiger partial charge in [-0.15, -0.1) is 0 Å². The zero-order valence-corrected chi connectivity index (χ0v) is 12.1. The van der Waals surface area contributed by atoms with E-state index < -0.39 is 0 Å². The number of rotatable bonds is 2. The van der Waals surface area contributed by atoms with E-state index in [1.54, 1.807) is 0 Å². The number of aliphatic hydroxyl groups is 1. The van der Waals surface area contributed by atoms with Gasteiger partial charge < -0.3 is 20.2 Å². The van der Waals surface area contributed by atoms with E-state index in [4.69, 9.17) is 5.11 Å². The fourth-order valence-electron chi connectivity index (χ4n) is 2.73. The van der Waals surface area contributed by atoms with Crippen LogP contribution in [0.2, 0.25) is 0 Å². The highest BCUT2D eigenvalue weighted by atomic mass is 79.9. The minimum atomic E-state index is 0.0493. The molecule has 1 aromatic carbocycles. The molecular formula is C13H16BrN3O2. The highest BCUT2D eigenvalue weighted by Crippen LogP contribution is 2.29. The predicted octanol–water partition coefficient (Wildman–Crippen LogP) is 1.16. The summed E-state index contributed by atoms with van der Waals surface area (Å²) in [5, 5.41) is 12.0. The van der Waals surface area contributed by atoms with Crippen LogP contribution in [-0.2, 0) is 6.61 Å². The maximum Gasteiger partial charge on any atom is 0.317 e. The Bertz CT molecular complexity index is 509. The van der Waals surface area contributed by atoms with Crippen molar-refractivity contribution in [3.8, 4) is 0 Å². The van der Waals surface area contributed by atoms with Crippen LogP contribution in [0, 0.1) is 0 Å². The first kappa shape index (κ1) is 12.7. The van der Waals surface area contributed by atoms with Gasteiger partial charge in [-0.2, -0.15) is 0 Å². The molecule has 2 heterocycles. The number of halogens is 1. The summed E-state index contributed by atoms with van der Waals surface area (Å²) in [6, 6.07) is 6.21. The van der Waals surface area contributed by atoms with Crippen molar-refractivity contribution in [2.45, 2.75) is 12.6 Å². The minimum absolute atomic E-state index is 0.0493. The topological polar surface area (TPSA) is 55.8 Å². The van der Waals surface area contributed by atoms with Crippen molar-refractivity contribution in [1.29, 1.82) is 0 Å². The number of carbonyl (C=O) groups excluding carboxylic acids is 1. The molecule has 2 fully saturated rings. The molecule has 2 aliphatic heterocycles. The fourth-order valence-corrected chi connectivity index (χ4v) is 3.41. The third kappa shape index (κ3) is 2.30. The molecule has 2 amide bonds. The van der Waals surface area contributed by atoms with Crippen LogP contribution in [0.15, 0.2) is 22.7 Å². The Morgan fingerprint density at radius 2 is 2.26 bits per heavy atom. The number of fused-ring (bicyclic) bond motifs is 1. The van der Waals surface area contributed by atoms with Crippen LogP contribution in [0.5, 0.6) is 0 Å². The summed E-state index contributed by atoms with van der Waals surface area (Å²) in [5.41, 5.74) is 2.02. The van der Waals surface area contributed by atoms with Gasteiger partial charge >= 0.3 is 6.03 Å². The zero-order valence-electron chi connectivity index (χ0n) is 10.5. The average Bonchev–Trinajstić information content (AvgIpc) is 2.79. The van der Waals surface area contributed by atoms with Crippen molar-refractivity contribution >= 4 is 27.6 Å². The summed E-state index contributed by atoms with van der Waals surface area (Å²) >= 11 is 3.56. The summed E-state index contributed by atoms with van der Waals surface area (Å²) in [4.78, 5) is 15.8. The normalized spacial score (nSPS) is 22.4. The van der Waals surface area contributed by atoms with Crippen LogP contribution in [0.1, 0.15) is 5.56 Å². The summed E-state index contributed by atoms with van der Waals surface area (Å²) in [6.45, 7) is 3.21. The van der Waals surface area contributed by atoms with Gasteiger partial charge in [-0.25, -0.2) is 4.79 Å². The van der Waals surface area contributed by atoms with Crippen molar-refractivity contribution < 1.29 is 9.90 Å². The quantitative estimate of drug-likeness (QED) is 0.857. The second kappa shape index (κ2) is 5.02. The molecule has 2 saturated heterocycles. The van der Waals surface area contributed by atoms with Gasteiger partial charge in [-0.05, 0) is 33.6 Å². The van der Waals surface area contributed by atoms with Crippen molar-refractivity contribution in [2.24, 2.45) is 0 Å². The lowest BCUT2D eigenvalue weighted by Crippen LogP contribution is -2.52. The van der Waals surface area contributed by atoms with E-state index in [1.165, 1.54) is 0 Å². The third-order valence-corrected chi connectivity index (χ3v) is 4.40. The van der Waals surface area contributed by atoms with Gasteiger partial charge in [0.2, 0.25) is 0 Å². The first-order valence-corrected chi connectivity index (χ1v) is 7.17. The molecule has 102 valence electrons. The molecule has 3 rings (SSSR count). The van der Waals surface area contributed by atoms with Crippen LogP contribution in [-0.4, -0.2) is 48.3 Å². The largest absolute Gasteiger partial charge is 0.392 e. The summed E-state index contributed by atoms with van der Waals surface area (Å²) in [5.74, 6) is 0. The van der Waals surface area contributed by atoms with E-state index in [9.17, 15) is 4.79 Å². The van der Waals surface area contributed by atoms with Gasteiger partial charge in [0.1, 0.15) is 0 Å². The van der Waals surface area contributed by atoms with E-state index >= 15 is 0 Å². The Balaban J connectivity index is 1.79. The zero-order chi connectivity index (χ0) is 13.4. The first-order chi connectivity index (χ1) is 9.19. The van der Waals surface area contributed by atoms with E-state index in [1.807, 2.05) is 23.1 Å². The maximum atomic E-state index is 11.6. The molecule has 0 bridgehead atoms. The fraction of sp³-hybridized carbons (Fsp3) is 0.462. The van der Waals surface area contributed by atoms with Gasteiger partial charge in [-0.3, -0.25) is 0 Å². The molecule has 2 N–H and O–H groups in total. The minimum Gasteiger partial charge on any atom is -0.392 e. The van der Waals surface area contributed by atoms with Gasteiger partial charge in [0.25, 0.3) is 0 Å². The molecule has 1 aromatic rings. The van der Waals surface area contributed by atoms with E-state index in [0.29, 0.717) is 0 Å². The molecule has 0 spiro atoms. The molecule has 1 atom stereocenters. The molecule has 19 heavy (non-hydrogen) atoms. The molecular weight excluding hydrogens is 310 g/mol. The molecule has 1 unspecified atom stereocenters. The Hall–Kier alpha value is -1.27. The monoisotopic (exact) mass is 325 g/mol. The van der Waals surface area contributed by atoms with Crippen LogP contribution < -0.4 is 10.2 Å². The highest BCUT2D eigenvalue weighted by Gasteiger charge is 2.35. The van der Waals surface area contributed by atoms with E-state index in [-0.39, 0.29) is 18.7 Å². The molecule has 5 nitrogen and oxygen atoms in total. The Morgan fingerprint density at radius 1 is 1.42 bits per heavy atom. The Labute approximate surface area is 120 Å². The van der Waals surface area contributed by atoms with E-state index in [0.717, 1.165) is 41.9 Å². The van der Waals surface area contributed by atoms with Crippen molar-refractivity contribution in [3.05, 3.63) is 28.2 Å². The number of benzene rings is 1. The number of nitrogens with zero attached hydrogens (tertiary/aromatic N) is 2. The van der Waals surface area contributed by atoms with Gasteiger partial charge in [-0.1, -0.05) is 6.07 Å². The number of carbonyl (C=O) groups is 1. The molecule has 0 saturated carbocycles. The number of piperazine rings is 1. The van der Waals surface area contributed by atoms with Crippen LogP contribution in [0.25, 0.3) is 0 Å². The molecule has 6 heteroatoms. The molecule has 0 aromatic heterocycles. The smallest absolute Gasteiger partial charge is 0.317 e. The highest BCUT2D eigenvalue weighted by molar-refractivity contribution is 9.10. The summed E-state index contributed by atoms with van der Waals surface area (Å²) in [6.07, 6.45) is 0. The van der Waals surface area contributed by atoms with Crippen LogP contribution in [0.3, 0.4) is 0 Å². The van der Waals surface area contributed by atoms with Gasteiger partial charge in [0.15, 0.2) is 0 Å². The predicted molar refractivity (Wildman–Crippen MR) is 76.2 cm³/mol. The number of urea groups is 1. The lowest BCUT2D eigenvalue weighted by Gasteiger charge is -2.38. The Kier molecular flexibility index (Phi) is 3.36. The average molecular weight is 326 g/mol. The SMILES string of the molecule is O=C1NCC2CN(c3ccc(CO)cc3Br)CCN12. The van der Waals surface area contributed by atoms with Gasteiger partial charge in [0.05, 0.1) is 18.3 Å². The van der Waals surface area contributed by atoms with Gasteiger partial charge in [0, 0.05) is 30.7 Å². The van der Waals surface area contributed by atoms with Crippen LogP contribution >= 0.6 is 15.9 Å². The molecule has 0 radical (unpaired) electrons. The van der Waals surface area contributed by atoms with Crippen molar-refractivity contribution in [3.63, 3.8) is 0 Å². The maximum absolute atomic E-state index is 11.6. The first-order valence-electron chi connectivity index (χ1n) is 6.38. The third-order valence-electron chi connectivity index (χ3n) is 3.77. The number of anilines is 1. The number of nitrogens with one attached hydrogen (secondary N) is 1. The molecule has 2 aliphatic rings. The van der Waals surface area contributed by atoms with Crippen LogP contribution in [0.4, 0.5) is 10.5 Å². The van der Waals surface area contributed by atoms with E-state index in [2.05, 4.69) is 26.1 Å². The lowest BCUT2D eigenvalue weighted by atomic mass is 10.1. The molecule has 0 aliphatic carbocycles. The number of hydrogen-bond donors (Lipinski definition) is 2. The summed E-state index contributed by atoms with van der Waals surface area (Å²) in [7, 11) is 0. The Morgan fingerprint density at radius 3 is 3.00 bits per heavy atom. The standard InChI is InChI=1S/C13H16BrN3O2/c14-11-5-9(8-18)1-2-12(11)16-3-4-17-10(7-16)6-15-13(17)19/h1-2,5,10,18H,3-4,6-8H2,(H,15,19). The second-order valence-corrected chi connectivity index (χ2v) is 5.78.